The third-order valence-electron chi connectivity index (χ3n) is 5.60. The van der Waals surface area contributed by atoms with E-state index in [1.54, 1.807) is 31.4 Å². The molecular weight excluding hydrogens is 392 g/mol. The molecule has 162 valence electrons. The summed E-state index contributed by atoms with van der Waals surface area (Å²) < 4.78 is 5.14. The number of methoxy groups -OCH3 is 1. The van der Waals surface area contributed by atoms with E-state index in [1.165, 1.54) is 5.69 Å². The highest BCUT2D eigenvalue weighted by Gasteiger charge is 2.18. The summed E-state index contributed by atoms with van der Waals surface area (Å²) in [5, 5.41) is 11.3. The van der Waals surface area contributed by atoms with E-state index < -0.39 is 0 Å². The second kappa shape index (κ2) is 9.18. The molecule has 0 spiro atoms. The summed E-state index contributed by atoms with van der Waals surface area (Å²) in [7, 11) is 1.60. The summed E-state index contributed by atoms with van der Waals surface area (Å²) in [5.41, 5.74) is 2.68. The Morgan fingerprint density at radius 1 is 0.968 bits per heavy atom. The lowest BCUT2D eigenvalue weighted by atomic mass is 10.1. The minimum atomic E-state index is -0.303. The van der Waals surface area contributed by atoms with E-state index >= 15 is 0 Å². The summed E-state index contributed by atoms with van der Waals surface area (Å²) in [6, 6.07) is 15.9. The van der Waals surface area contributed by atoms with Crippen LogP contribution in [0.3, 0.4) is 0 Å². The van der Waals surface area contributed by atoms with Gasteiger partial charge in [0.25, 0.3) is 5.56 Å². The topological polar surface area (TPSA) is 86.4 Å². The number of rotatable bonds is 6. The van der Waals surface area contributed by atoms with Gasteiger partial charge in [-0.2, -0.15) is 0 Å². The maximum Gasteiger partial charge on any atom is 0.279 e. The van der Waals surface area contributed by atoms with Crippen molar-refractivity contribution in [2.75, 3.05) is 43.5 Å². The molecule has 1 saturated heterocycles. The van der Waals surface area contributed by atoms with Gasteiger partial charge >= 0.3 is 0 Å². The Hall–Kier alpha value is -3.39. The van der Waals surface area contributed by atoms with Gasteiger partial charge in [-0.15, -0.1) is 10.2 Å². The molecule has 0 unspecified atom stereocenters. The number of piperazine rings is 1. The van der Waals surface area contributed by atoms with Crippen molar-refractivity contribution in [3.63, 3.8) is 0 Å². The van der Waals surface area contributed by atoms with Crippen LogP contribution in [0.1, 0.15) is 13.8 Å². The van der Waals surface area contributed by atoms with Crippen molar-refractivity contribution in [2.45, 2.75) is 19.9 Å². The van der Waals surface area contributed by atoms with E-state index in [1.807, 2.05) is 12.1 Å². The molecule has 1 aromatic heterocycles. The van der Waals surface area contributed by atoms with Crippen LogP contribution in [0.2, 0.25) is 0 Å². The van der Waals surface area contributed by atoms with Gasteiger partial charge < -0.3 is 15.0 Å². The van der Waals surface area contributed by atoms with Crippen molar-refractivity contribution in [3.8, 4) is 17.0 Å². The van der Waals surface area contributed by atoms with Crippen LogP contribution >= 0.6 is 0 Å². The zero-order valence-corrected chi connectivity index (χ0v) is 18.1. The van der Waals surface area contributed by atoms with Crippen LogP contribution in [0.5, 0.6) is 5.75 Å². The van der Waals surface area contributed by atoms with Crippen LogP contribution in [0.4, 0.5) is 17.3 Å². The first-order valence-electron chi connectivity index (χ1n) is 10.5. The van der Waals surface area contributed by atoms with Crippen molar-refractivity contribution >= 4 is 17.3 Å². The number of hydrogen-bond donors (Lipinski definition) is 2. The largest absolute Gasteiger partial charge is 0.497 e. The Balaban J connectivity index is 1.41. The summed E-state index contributed by atoms with van der Waals surface area (Å²) >= 11 is 0. The second-order valence-corrected chi connectivity index (χ2v) is 7.87. The van der Waals surface area contributed by atoms with Crippen LogP contribution < -0.4 is 20.5 Å². The SMILES string of the molecule is COc1ccc(-c2nnc(Nc3ccc(N4CCN(C(C)C)CC4)cc3)[nH]c2=O)cc1. The van der Waals surface area contributed by atoms with Crippen LogP contribution in [0.25, 0.3) is 11.3 Å². The highest BCUT2D eigenvalue weighted by Crippen LogP contribution is 2.22. The van der Waals surface area contributed by atoms with Crippen molar-refractivity contribution in [1.29, 1.82) is 0 Å². The number of benzene rings is 2. The zero-order chi connectivity index (χ0) is 21.8. The van der Waals surface area contributed by atoms with Crippen LogP contribution in [-0.2, 0) is 0 Å². The van der Waals surface area contributed by atoms with E-state index in [0.717, 1.165) is 37.6 Å². The van der Waals surface area contributed by atoms with Crippen molar-refractivity contribution in [2.24, 2.45) is 0 Å². The van der Waals surface area contributed by atoms with Gasteiger partial charge in [-0.05, 0) is 62.4 Å². The molecule has 2 heterocycles. The molecule has 8 heteroatoms. The molecule has 3 aromatic rings. The van der Waals surface area contributed by atoms with Gasteiger partial charge in [0.05, 0.1) is 7.11 Å². The normalized spacial score (nSPS) is 14.6. The molecule has 0 bridgehead atoms. The first-order valence-corrected chi connectivity index (χ1v) is 10.5. The van der Waals surface area contributed by atoms with Gasteiger partial charge in [-0.1, -0.05) is 0 Å². The molecule has 1 fully saturated rings. The summed E-state index contributed by atoms with van der Waals surface area (Å²) in [6.45, 7) is 8.69. The van der Waals surface area contributed by atoms with E-state index in [-0.39, 0.29) is 11.3 Å². The van der Waals surface area contributed by atoms with Crippen molar-refractivity contribution in [1.82, 2.24) is 20.1 Å². The second-order valence-electron chi connectivity index (χ2n) is 7.87. The Kier molecular flexibility index (Phi) is 6.18. The Bertz CT molecular complexity index is 1050. The van der Waals surface area contributed by atoms with Crippen LogP contribution in [0.15, 0.2) is 53.3 Å². The molecule has 0 aliphatic carbocycles. The number of nitrogens with zero attached hydrogens (tertiary/aromatic N) is 4. The van der Waals surface area contributed by atoms with Gasteiger partial charge in [0.15, 0.2) is 5.69 Å². The quantitative estimate of drug-likeness (QED) is 0.634. The Morgan fingerprint density at radius 3 is 2.23 bits per heavy atom. The van der Waals surface area contributed by atoms with E-state index in [2.05, 4.69) is 56.3 Å². The predicted octanol–water partition coefficient (Wildman–Crippen LogP) is 3.11. The minimum Gasteiger partial charge on any atom is -0.497 e. The lowest BCUT2D eigenvalue weighted by molar-refractivity contribution is 0.209. The smallest absolute Gasteiger partial charge is 0.279 e. The Labute approximate surface area is 181 Å². The van der Waals surface area contributed by atoms with Crippen molar-refractivity contribution < 1.29 is 4.74 Å². The van der Waals surface area contributed by atoms with E-state index in [0.29, 0.717) is 17.6 Å². The number of H-pyrrole nitrogens is 1. The van der Waals surface area contributed by atoms with Crippen LogP contribution in [-0.4, -0.2) is 59.4 Å². The lowest BCUT2D eigenvalue weighted by Gasteiger charge is -2.38. The fraction of sp³-hybridized carbons (Fsp3) is 0.348. The lowest BCUT2D eigenvalue weighted by Crippen LogP contribution is -2.48. The standard InChI is InChI=1S/C23H28N6O2/c1-16(2)28-12-14-29(15-13-28)19-8-6-18(7-9-19)24-23-25-22(30)21(26-27-23)17-4-10-20(31-3)11-5-17/h4-11,16H,12-15H2,1-3H3,(H2,24,25,27,30). The number of ether oxygens (including phenoxy) is 1. The molecule has 0 atom stereocenters. The van der Waals surface area contributed by atoms with Crippen molar-refractivity contribution in [3.05, 3.63) is 58.9 Å². The number of nitrogens with one attached hydrogen (secondary N) is 2. The predicted molar refractivity (Wildman–Crippen MR) is 123 cm³/mol. The van der Waals surface area contributed by atoms with Gasteiger partial charge in [0, 0.05) is 49.2 Å². The van der Waals surface area contributed by atoms with Crippen LogP contribution in [0, 0.1) is 0 Å². The third-order valence-corrected chi connectivity index (χ3v) is 5.60. The third kappa shape index (κ3) is 4.86. The number of hydrogen-bond acceptors (Lipinski definition) is 7. The molecule has 31 heavy (non-hydrogen) atoms. The molecular formula is C23H28N6O2. The fourth-order valence-electron chi connectivity index (χ4n) is 3.72. The number of aromatic nitrogens is 3. The zero-order valence-electron chi connectivity index (χ0n) is 18.1. The highest BCUT2D eigenvalue weighted by molar-refractivity contribution is 5.61. The molecule has 1 aliphatic rings. The average molecular weight is 421 g/mol. The van der Waals surface area contributed by atoms with Gasteiger partial charge in [-0.3, -0.25) is 14.7 Å². The van der Waals surface area contributed by atoms with E-state index in [9.17, 15) is 4.79 Å². The monoisotopic (exact) mass is 420 g/mol. The molecule has 4 rings (SSSR count). The summed E-state index contributed by atoms with van der Waals surface area (Å²) in [4.78, 5) is 20.1. The first kappa shape index (κ1) is 20.9. The maximum atomic E-state index is 12.5. The molecule has 2 aromatic carbocycles. The molecule has 2 N–H and O–H groups in total. The van der Waals surface area contributed by atoms with Gasteiger partial charge in [0.1, 0.15) is 5.75 Å². The molecule has 8 nitrogen and oxygen atoms in total. The molecule has 0 radical (unpaired) electrons. The molecule has 1 aliphatic heterocycles. The fourth-order valence-corrected chi connectivity index (χ4v) is 3.72. The Morgan fingerprint density at radius 2 is 1.65 bits per heavy atom. The molecule has 0 saturated carbocycles. The number of aromatic amines is 1. The average Bonchev–Trinajstić information content (AvgIpc) is 2.80. The minimum absolute atomic E-state index is 0.268. The number of anilines is 3. The van der Waals surface area contributed by atoms with E-state index in [4.69, 9.17) is 4.74 Å². The highest BCUT2D eigenvalue weighted by atomic mass is 16.5. The van der Waals surface area contributed by atoms with Gasteiger partial charge in [-0.25, -0.2) is 0 Å². The molecule has 0 amide bonds. The summed E-state index contributed by atoms with van der Waals surface area (Å²) in [6.07, 6.45) is 0. The van der Waals surface area contributed by atoms with Gasteiger partial charge in [0.2, 0.25) is 5.95 Å². The first-order chi connectivity index (χ1) is 15.0. The summed E-state index contributed by atoms with van der Waals surface area (Å²) in [5.74, 6) is 1.03. The maximum absolute atomic E-state index is 12.5.